The Morgan fingerprint density at radius 2 is 2.24 bits per heavy atom. The maximum absolute atomic E-state index is 10.5. The van der Waals surface area contributed by atoms with Gasteiger partial charge in [0.25, 0.3) is 0 Å². The zero-order valence-corrected chi connectivity index (χ0v) is 13.7. The molecular formula is C15H25N3O2S. The number of nitrogens with one attached hydrogen (secondary N) is 1. The van der Waals surface area contributed by atoms with Crippen molar-refractivity contribution in [2.75, 3.05) is 24.7 Å². The standard InChI is InChI=1S/C15H25N3O2S/c1-4-7-20-14-13(12(2)17-18(14)3)10-16-11-15(19)5-8-21-9-6-15/h4,16,19H,1,5-11H2,2-3H3. The third-order valence-electron chi connectivity index (χ3n) is 3.81. The molecule has 0 unspecified atom stereocenters. The van der Waals surface area contributed by atoms with Crippen molar-refractivity contribution in [1.82, 2.24) is 15.1 Å². The molecule has 1 aliphatic rings. The van der Waals surface area contributed by atoms with Crippen LogP contribution in [-0.4, -0.2) is 45.1 Å². The zero-order valence-electron chi connectivity index (χ0n) is 12.9. The highest BCUT2D eigenvalue weighted by molar-refractivity contribution is 7.99. The number of hydrogen-bond acceptors (Lipinski definition) is 5. The van der Waals surface area contributed by atoms with E-state index in [-0.39, 0.29) is 0 Å². The highest BCUT2D eigenvalue weighted by atomic mass is 32.2. The van der Waals surface area contributed by atoms with Gasteiger partial charge in [-0.15, -0.1) is 0 Å². The molecule has 0 bridgehead atoms. The lowest BCUT2D eigenvalue weighted by molar-refractivity contribution is 0.0319. The summed E-state index contributed by atoms with van der Waals surface area (Å²) >= 11 is 1.91. The molecule has 2 heterocycles. The van der Waals surface area contributed by atoms with E-state index in [9.17, 15) is 5.11 Å². The van der Waals surface area contributed by atoms with Crippen molar-refractivity contribution >= 4 is 11.8 Å². The summed E-state index contributed by atoms with van der Waals surface area (Å²) in [5.74, 6) is 2.85. The molecule has 118 valence electrons. The van der Waals surface area contributed by atoms with E-state index >= 15 is 0 Å². The topological polar surface area (TPSA) is 59.3 Å². The van der Waals surface area contributed by atoms with E-state index in [1.165, 1.54) is 0 Å². The van der Waals surface area contributed by atoms with E-state index in [0.29, 0.717) is 19.7 Å². The lowest BCUT2D eigenvalue weighted by Crippen LogP contribution is -2.43. The van der Waals surface area contributed by atoms with Crippen LogP contribution in [0.4, 0.5) is 0 Å². The van der Waals surface area contributed by atoms with E-state index in [0.717, 1.165) is 41.5 Å². The molecule has 0 aliphatic carbocycles. The lowest BCUT2D eigenvalue weighted by atomic mass is 9.97. The average Bonchev–Trinajstić information content (AvgIpc) is 2.72. The predicted octanol–water partition coefficient (Wildman–Crippen LogP) is 1.64. The van der Waals surface area contributed by atoms with Gasteiger partial charge in [0.05, 0.1) is 16.9 Å². The van der Waals surface area contributed by atoms with Gasteiger partial charge >= 0.3 is 0 Å². The number of nitrogens with zero attached hydrogens (tertiary/aromatic N) is 2. The Morgan fingerprint density at radius 1 is 1.52 bits per heavy atom. The van der Waals surface area contributed by atoms with Crippen LogP contribution in [0.5, 0.6) is 5.88 Å². The Labute approximate surface area is 130 Å². The molecule has 0 aromatic carbocycles. The monoisotopic (exact) mass is 311 g/mol. The van der Waals surface area contributed by atoms with Crippen LogP contribution in [0.15, 0.2) is 12.7 Å². The maximum Gasteiger partial charge on any atom is 0.216 e. The van der Waals surface area contributed by atoms with Gasteiger partial charge in [-0.25, -0.2) is 4.68 Å². The second-order valence-corrected chi connectivity index (χ2v) is 6.76. The molecule has 2 N–H and O–H groups in total. The number of hydrogen-bond donors (Lipinski definition) is 2. The van der Waals surface area contributed by atoms with Crippen molar-refractivity contribution < 1.29 is 9.84 Å². The fourth-order valence-corrected chi connectivity index (χ4v) is 3.80. The van der Waals surface area contributed by atoms with Gasteiger partial charge in [0.15, 0.2) is 0 Å². The minimum atomic E-state index is -0.566. The average molecular weight is 311 g/mol. The normalized spacial score (nSPS) is 17.7. The van der Waals surface area contributed by atoms with Crippen LogP contribution >= 0.6 is 11.8 Å². The van der Waals surface area contributed by atoms with Crippen molar-refractivity contribution in [1.29, 1.82) is 0 Å². The molecule has 0 spiro atoms. The molecule has 0 saturated carbocycles. The Kier molecular flexibility index (Phi) is 5.72. The van der Waals surface area contributed by atoms with Gasteiger partial charge in [-0.2, -0.15) is 16.9 Å². The number of thioether (sulfide) groups is 1. The van der Waals surface area contributed by atoms with E-state index in [1.807, 2.05) is 25.7 Å². The lowest BCUT2D eigenvalue weighted by Gasteiger charge is -2.32. The number of aliphatic hydroxyl groups is 1. The van der Waals surface area contributed by atoms with Crippen LogP contribution in [-0.2, 0) is 13.6 Å². The summed E-state index contributed by atoms with van der Waals surface area (Å²) in [6.45, 7) is 7.38. The Balaban J connectivity index is 1.94. The van der Waals surface area contributed by atoms with E-state index in [2.05, 4.69) is 17.0 Å². The minimum absolute atomic E-state index is 0.465. The van der Waals surface area contributed by atoms with Crippen molar-refractivity contribution in [2.45, 2.75) is 31.9 Å². The number of rotatable bonds is 7. The van der Waals surface area contributed by atoms with Crippen molar-refractivity contribution in [3.05, 3.63) is 23.9 Å². The summed E-state index contributed by atoms with van der Waals surface area (Å²) in [6.07, 6.45) is 3.44. The Morgan fingerprint density at radius 3 is 2.90 bits per heavy atom. The summed E-state index contributed by atoms with van der Waals surface area (Å²) in [4.78, 5) is 0. The van der Waals surface area contributed by atoms with Crippen molar-refractivity contribution in [3.8, 4) is 5.88 Å². The fraction of sp³-hybridized carbons (Fsp3) is 0.667. The number of aryl methyl sites for hydroxylation is 2. The molecule has 21 heavy (non-hydrogen) atoms. The first-order chi connectivity index (χ1) is 10.1. The molecular weight excluding hydrogens is 286 g/mol. The molecule has 6 heteroatoms. The molecule has 1 saturated heterocycles. The predicted molar refractivity (Wildman–Crippen MR) is 86.9 cm³/mol. The minimum Gasteiger partial charge on any atom is -0.473 e. The fourth-order valence-electron chi connectivity index (χ4n) is 2.55. The van der Waals surface area contributed by atoms with Crippen LogP contribution in [0.1, 0.15) is 24.1 Å². The van der Waals surface area contributed by atoms with Crippen molar-refractivity contribution in [2.24, 2.45) is 7.05 Å². The summed E-state index contributed by atoms with van der Waals surface area (Å²) in [5.41, 5.74) is 1.44. The summed E-state index contributed by atoms with van der Waals surface area (Å²) in [7, 11) is 1.88. The van der Waals surface area contributed by atoms with Gasteiger partial charge in [0, 0.05) is 20.1 Å². The second kappa shape index (κ2) is 7.33. The smallest absolute Gasteiger partial charge is 0.216 e. The first kappa shape index (κ1) is 16.4. The summed E-state index contributed by atoms with van der Waals surface area (Å²) < 4.78 is 7.43. The van der Waals surface area contributed by atoms with Gasteiger partial charge in [-0.3, -0.25) is 0 Å². The van der Waals surface area contributed by atoms with Gasteiger partial charge in [-0.1, -0.05) is 12.7 Å². The van der Waals surface area contributed by atoms with Gasteiger partial charge in [0.2, 0.25) is 5.88 Å². The highest BCUT2D eigenvalue weighted by Gasteiger charge is 2.29. The van der Waals surface area contributed by atoms with Crippen LogP contribution < -0.4 is 10.1 Å². The molecule has 2 rings (SSSR count). The van der Waals surface area contributed by atoms with Crippen LogP contribution in [0.25, 0.3) is 0 Å². The molecule has 0 amide bonds. The molecule has 1 aliphatic heterocycles. The Hall–Kier alpha value is -0.980. The molecule has 0 radical (unpaired) electrons. The summed E-state index contributed by atoms with van der Waals surface area (Å²) in [5, 5.41) is 18.3. The van der Waals surface area contributed by atoms with Crippen LogP contribution in [0.3, 0.4) is 0 Å². The number of ether oxygens (including phenoxy) is 1. The highest BCUT2D eigenvalue weighted by Crippen LogP contribution is 2.27. The largest absolute Gasteiger partial charge is 0.473 e. The number of aromatic nitrogens is 2. The SMILES string of the molecule is C=CCOc1c(CNCC2(O)CCSCC2)c(C)nn1C. The van der Waals surface area contributed by atoms with Gasteiger partial charge in [-0.05, 0) is 31.3 Å². The summed E-state index contributed by atoms with van der Waals surface area (Å²) in [6, 6.07) is 0. The van der Waals surface area contributed by atoms with Gasteiger partial charge < -0.3 is 15.2 Å². The second-order valence-electron chi connectivity index (χ2n) is 5.53. The molecule has 1 aromatic heterocycles. The third-order valence-corrected chi connectivity index (χ3v) is 4.79. The van der Waals surface area contributed by atoms with Crippen molar-refractivity contribution in [3.63, 3.8) is 0 Å². The first-order valence-corrected chi connectivity index (χ1v) is 8.48. The quantitative estimate of drug-likeness (QED) is 0.750. The van der Waals surface area contributed by atoms with E-state index < -0.39 is 5.60 Å². The molecule has 1 aromatic rings. The van der Waals surface area contributed by atoms with E-state index in [4.69, 9.17) is 4.74 Å². The van der Waals surface area contributed by atoms with E-state index in [1.54, 1.807) is 10.8 Å². The van der Waals surface area contributed by atoms with Crippen LogP contribution in [0, 0.1) is 6.92 Å². The molecule has 0 atom stereocenters. The first-order valence-electron chi connectivity index (χ1n) is 7.33. The zero-order chi connectivity index (χ0) is 15.3. The maximum atomic E-state index is 10.5. The third kappa shape index (κ3) is 4.25. The molecule has 5 nitrogen and oxygen atoms in total. The van der Waals surface area contributed by atoms with Gasteiger partial charge in [0.1, 0.15) is 6.61 Å². The van der Waals surface area contributed by atoms with Crippen LogP contribution in [0.2, 0.25) is 0 Å². The molecule has 1 fully saturated rings. The Bertz CT molecular complexity index is 482.